The van der Waals surface area contributed by atoms with Gasteiger partial charge in [0.25, 0.3) is 5.91 Å². The summed E-state index contributed by atoms with van der Waals surface area (Å²) in [4.78, 5) is 11.9. The summed E-state index contributed by atoms with van der Waals surface area (Å²) in [6.45, 7) is 0. The number of nitrogens with zero attached hydrogens (tertiary/aromatic N) is 2. The van der Waals surface area contributed by atoms with Crippen LogP contribution in [-0.2, 0) is 0 Å². The van der Waals surface area contributed by atoms with Crippen LogP contribution in [0.25, 0.3) is 6.08 Å². The summed E-state index contributed by atoms with van der Waals surface area (Å²) in [6, 6.07) is 7.60. The van der Waals surface area contributed by atoms with Gasteiger partial charge in [0.1, 0.15) is 0 Å². The maximum absolute atomic E-state index is 11.9. The van der Waals surface area contributed by atoms with Gasteiger partial charge >= 0.3 is 0 Å². The first kappa shape index (κ1) is 8.81. The van der Waals surface area contributed by atoms with Crippen molar-refractivity contribution in [2.24, 2.45) is 0 Å². The lowest BCUT2D eigenvalue weighted by molar-refractivity contribution is 0.0434. The van der Waals surface area contributed by atoms with Crippen LogP contribution in [0.5, 0.6) is 0 Å². The SMILES string of the molecule is CN1C=Cc2ccccc2C(=O)N1C. The average molecular weight is 188 g/mol. The number of hydrogen-bond acceptors (Lipinski definition) is 2. The number of hydrazine groups is 1. The Kier molecular flexibility index (Phi) is 2.00. The zero-order valence-electron chi connectivity index (χ0n) is 8.27. The van der Waals surface area contributed by atoms with E-state index < -0.39 is 0 Å². The molecule has 72 valence electrons. The van der Waals surface area contributed by atoms with Crippen LogP contribution in [0.4, 0.5) is 0 Å². The second-order valence-corrected chi connectivity index (χ2v) is 3.31. The summed E-state index contributed by atoms with van der Waals surface area (Å²) in [5.41, 5.74) is 1.71. The van der Waals surface area contributed by atoms with Crippen molar-refractivity contribution in [3.05, 3.63) is 41.6 Å². The van der Waals surface area contributed by atoms with Crippen molar-refractivity contribution in [3.8, 4) is 0 Å². The van der Waals surface area contributed by atoms with Crippen LogP contribution in [0.15, 0.2) is 30.5 Å². The molecule has 3 nitrogen and oxygen atoms in total. The van der Waals surface area contributed by atoms with Crippen LogP contribution in [0.2, 0.25) is 0 Å². The molecular weight excluding hydrogens is 176 g/mol. The normalized spacial score (nSPS) is 15.4. The Morgan fingerprint density at radius 1 is 1.14 bits per heavy atom. The van der Waals surface area contributed by atoms with Gasteiger partial charge in [-0.05, 0) is 17.7 Å². The maximum atomic E-state index is 11.9. The van der Waals surface area contributed by atoms with E-state index in [1.807, 2.05) is 43.6 Å². The maximum Gasteiger partial charge on any atom is 0.272 e. The molecule has 14 heavy (non-hydrogen) atoms. The molecule has 0 N–H and O–H groups in total. The fourth-order valence-corrected chi connectivity index (χ4v) is 1.44. The zero-order chi connectivity index (χ0) is 10.1. The Balaban J connectivity index is 2.55. The number of amides is 1. The summed E-state index contributed by atoms with van der Waals surface area (Å²) in [7, 11) is 3.61. The summed E-state index contributed by atoms with van der Waals surface area (Å²) < 4.78 is 0. The van der Waals surface area contributed by atoms with Gasteiger partial charge in [-0.15, -0.1) is 0 Å². The molecular formula is C11H12N2O. The van der Waals surface area contributed by atoms with Gasteiger partial charge in [-0.1, -0.05) is 18.2 Å². The van der Waals surface area contributed by atoms with Crippen LogP contribution in [-0.4, -0.2) is 30.0 Å². The molecule has 1 heterocycles. The highest BCUT2D eigenvalue weighted by atomic mass is 16.2. The molecule has 0 fully saturated rings. The van der Waals surface area contributed by atoms with Crippen molar-refractivity contribution >= 4 is 12.0 Å². The Morgan fingerprint density at radius 2 is 1.86 bits per heavy atom. The summed E-state index contributed by atoms with van der Waals surface area (Å²) in [6.07, 6.45) is 3.82. The number of benzene rings is 1. The molecule has 1 aliphatic heterocycles. The van der Waals surface area contributed by atoms with Gasteiger partial charge in [-0.3, -0.25) is 14.8 Å². The van der Waals surface area contributed by atoms with Crippen molar-refractivity contribution in [1.82, 2.24) is 10.0 Å². The van der Waals surface area contributed by atoms with Crippen molar-refractivity contribution < 1.29 is 4.79 Å². The molecule has 0 aliphatic carbocycles. The van der Waals surface area contributed by atoms with Crippen molar-refractivity contribution in [2.75, 3.05) is 14.1 Å². The number of fused-ring (bicyclic) bond motifs is 1. The van der Waals surface area contributed by atoms with E-state index in [1.54, 1.807) is 17.1 Å². The second kappa shape index (κ2) is 3.18. The molecule has 1 aromatic carbocycles. The van der Waals surface area contributed by atoms with Gasteiger partial charge in [-0.2, -0.15) is 0 Å². The van der Waals surface area contributed by atoms with E-state index in [9.17, 15) is 4.79 Å². The molecule has 0 unspecified atom stereocenters. The minimum atomic E-state index is 0.0214. The van der Waals surface area contributed by atoms with Crippen LogP contribution in [0, 0.1) is 0 Å². The first-order valence-electron chi connectivity index (χ1n) is 4.48. The van der Waals surface area contributed by atoms with Crippen LogP contribution in [0.3, 0.4) is 0 Å². The van der Waals surface area contributed by atoms with E-state index in [0.29, 0.717) is 0 Å². The molecule has 0 bridgehead atoms. The van der Waals surface area contributed by atoms with Crippen molar-refractivity contribution in [2.45, 2.75) is 0 Å². The van der Waals surface area contributed by atoms with E-state index in [2.05, 4.69) is 0 Å². The predicted octanol–water partition coefficient (Wildman–Crippen LogP) is 1.59. The quantitative estimate of drug-likeness (QED) is 0.617. The average Bonchev–Trinajstić information content (AvgIpc) is 2.32. The lowest BCUT2D eigenvalue weighted by Crippen LogP contribution is -2.36. The Hall–Kier alpha value is -1.77. The standard InChI is InChI=1S/C11H12N2O/c1-12-8-7-9-5-3-4-6-10(9)11(14)13(12)2/h3-8H,1-2H3. The lowest BCUT2D eigenvalue weighted by atomic mass is 10.1. The van der Waals surface area contributed by atoms with Gasteiger partial charge in [0.2, 0.25) is 0 Å². The zero-order valence-corrected chi connectivity index (χ0v) is 8.27. The topological polar surface area (TPSA) is 23.6 Å². The molecule has 0 atom stereocenters. The molecule has 0 spiro atoms. The molecule has 0 radical (unpaired) electrons. The van der Waals surface area contributed by atoms with Crippen LogP contribution < -0.4 is 0 Å². The third-order valence-electron chi connectivity index (χ3n) is 2.43. The molecule has 0 saturated heterocycles. The van der Waals surface area contributed by atoms with E-state index in [0.717, 1.165) is 11.1 Å². The summed E-state index contributed by atoms with van der Waals surface area (Å²) in [5, 5.41) is 3.35. The highest BCUT2D eigenvalue weighted by molar-refractivity contribution is 5.98. The van der Waals surface area contributed by atoms with Gasteiger partial charge in [0, 0.05) is 25.9 Å². The monoisotopic (exact) mass is 188 g/mol. The van der Waals surface area contributed by atoms with Crippen molar-refractivity contribution in [3.63, 3.8) is 0 Å². The first-order valence-corrected chi connectivity index (χ1v) is 4.48. The van der Waals surface area contributed by atoms with Gasteiger partial charge in [0.05, 0.1) is 0 Å². The molecule has 0 saturated carbocycles. The Morgan fingerprint density at radius 3 is 2.64 bits per heavy atom. The largest absolute Gasteiger partial charge is 0.293 e. The van der Waals surface area contributed by atoms with Gasteiger partial charge in [-0.25, -0.2) is 0 Å². The van der Waals surface area contributed by atoms with E-state index in [4.69, 9.17) is 0 Å². The fraction of sp³-hybridized carbons (Fsp3) is 0.182. The Bertz CT molecular complexity index is 398. The molecule has 3 heteroatoms. The third kappa shape index (κ3) is 1.27. The molecule has 0 aromatic heterocycles. The first-order chi connectivity index (χ1) is 6.70. The Labute approximate surface area is 83.2 Å². The second-order valence-electron chi connectivity index (χ2n) is 3.31. The van der Waals surface area contributed by atoms with E-state index >= 15 is 0 Å². The number of rotatable bonds is 0. The summed E-state index contributed by atoms with van der Waals surface area (Å²) >= 11 is 0. The molecule has 1 amide bonds. The van der Waals surface area contributed by atoms with Gasteiger partial charge in [0.15, 0.2) is 0 Å². The molecule has 1 aliphatic rings. The van der Waals surface area contributed by atoms with Crippen LogP contribution in [0.1, 0.15) is 15.9 Å². The number of hydrogen-bond donors (Lipinski definition) is 0. The highest BCUT2D eigenvalue weighted by Gasteiger charge is 2.18. The molecule has 2 rings (SSSR count). The smallest absolute Gasteiger partial charge is 0.272 e. The minimum absolute atomic E-state index is 0.0214. The summed E-state index contributed by atoms with van der Waals surface area (Å²) in [5.74, 6) is 0.0214. The third-order valence-corrected chi connectivity index (χ3v) is 2.43. The molecule has 1 aromatic rings. The number of carbonyl (C=O) groups excluding carboxylic acids is 1. The van der Waals surface area contributed by atoms with E-state index in [1.165, 1.54) is 0 Å². The predicted molar refractivity (Wildman–Crippen MR) is 55.3 cm³/mol. The minimum Gasteiger partial charge on any atom is -0.293 e. The fourth-order valence-electron chi connectivity index (χ4n) is 1.44. The van der Waals surface area contributed by atoms with Crippen LogP contribution >= 0.6 is 0 Å². The highest BCUT2D eigenvalue weighted by Crippen LogP contribution is 2.17. The van der Waals surface area contributed by atoms with Gasteiger partial charge < -0.3 is 0 Å². The van der Waals surface area contributed by atoms with Crippen molar-refractivity contribution in [1.29, 1.82) is 0 Å². The number of carbonyl (C=O) groups is 1. The lowest BCUT2D eigenvalue weighted by Gasteiger charge is -2.25. The van der Waals surface area contributed by atoms with E-state index in [-0.39, 0.29) is 5.91 Å².